The normalized spacial score (nSPS) is 12.6. The van der Waals surface area contributed by atoms with Crippen LogP contribution in [-0.2, 0) is 9.53 Å². The molecule has 17 heavy (non-hydrogen) atoms. The zero-order valence-electron chi connectivity index (χ0n) is 9.22. The molecule has 2 rings (SSSR count). The number of hydrogen-bond acceptors (Lipinski definition) is 5. The standard InChI is InChI=1S/C10H10N2O3S2/c1-5(9(14)15-2)12-8(13)7-6(3-4-17-7)11-10(12)16/h3-5H,1-2H3,(H,11,16). The molecule has 0 saturated heterocycles. The number of aromatic nitrogens is 2. The highest BCUT2D eigenvalue weighted by atomic mass is 32.1. The number of esters is 1. The molecule has 0 aliphatic heterocycles. The van der Waals surface area contributed by atoms with Crippen LogP contribution in [0.15, 0.2) is 16.2 Å². The van der Waals surface area contributed by atoms with Gasteiger partial charge in [-0.05, 0) is 30.6 Å². The molecule has 0 bridgehead atoms. The van der Waals surface area contributed by atoms with Crippen molar-refractivity contribution in [2.24, 2.45) is 0 Å². The van der Waals surface area contributed by atoms with Crippen molar-refractivity contribution in [2.75, 3.05) is 7.11 Å². The quantitative estimate of drug-likeness (QED) is 0.668. The molecule has 0 aliphatic rings. The van der Waals surface area contributed by atoms with Gasteiger partial charge in [0.1, 0.15) is 10.7 Å². The Labute approximate surface area is 106 Å². The highest BCUT2D eigenvalue weighted by Gasteiger charge is 2.19. The molecule has 0 amide bonds. The Morgan fingerprint density at radius 2 is 2.35 bits per heavy atom. The fourth-order valence-corrected chi connectivity index (χ4v) is 2.71. The Balaban J connectivity index is 2.73. The molecule has 0 spiro atoms. The molecule has 0 aliphatic carbocycles. The third kappa shape index (κ3) is 1.91. The van der Waals surface area contributed by atoms with Gasteiger partial charge in [0, 0.05) is 0 Å². The summed E-state index contributed by atoms with van der Waals surface area (Å²) in [4.78, 5) is 26.5. The summed E-state index contributed by atoms with van der Waals surface area (Å²) < 4.78 is 6.62. The lowest BCUT2D eigenvalue weighted by atomic mass is 10.3. The molecule has 0 saturated carbocycles. The van der Waals surface area contributed by atoms with Gasteiger partial charge in [0.15, 0.2) is 4.77 Å². The maximum absolute atomic E-state index is 12.2. The summed E-state index contributed by atoms with van der Waals surface area (Å²) in [5.74, 6) is -0.498. The second-order valence-corrected chi connectivity index (χ2v) is 4.77. The Morgan fingerprint density at radius 1 is 1.65 bits per heavy atom. The van der Waals surface area contributed by atoms with E-state index in [1.54, 1.807) is 18.4 Å². The van der Waals surface area contributed by atoms with Crippen molar-refractivity contribution in [2.45, 2.75) is 13.0 Å². The SMILES string of the molecule is COC(=O)C(C)n1c(=S)[nH]c2ccsc2c1=O. The number of ether oxygens (including phenoxy) is 1. The van der Waals surface area contributed by atoms with Gasteiger partial charge in [0.2, 0.25) is 0 Å². The molecule has 2 heterocycles. The van der Waals surface area contributed by atoms with E-state index in [4.69, 9.17) is 12.2 Å². The largest absolute Gasteiger partial charge is 0.467 e. The summed E-state index contributed by atoms with van der Waals surface area (Å²) in [5, 5.41) is 1.80. The number of aromatic amines is 1. The van der Waals surface area contributed by atoms with Crippen LogP contribution in [0.5, 0.6) is 0 Å². The summed E-state index contributed by atoms with van der Waals surface area (Å²) in [5.41, 5.74) is 0.426. The Kier molecular flexibility index (Phi) is 3.12. The van der Waals surface area contributed by atoms with Crippen LogP contribution in [0.3, 0.4) is 0 Å². The first-order chi connectivity index (χ1) is 8.06. The van der Waals surface area contributed by atoms with Gasteiger partial charge in [-0.1, -0.05) is 0 Å². The van der Waals surface area contributed by atoms with Crippen LogP contribution in [0.1, 0.15) is 13.0 Å². The summed E-state index contributed by atoms with van der Waals surface area (Å²) in [6, 6.07) is 1.05. The van der Waals surface area contributed by atoms with E-state index in [0.29, 0.717) is 10.2 Å². The fraction of sp³-hybridized carbons (Fsp3) is 0.300. The van der Waals surface area contributed by atoms with Crippen molar-refractivity contribution < 1.29 is 9.53 Å². The van der Waals surface area contributed by atoms with Gasteiger partial charge >= 0.3 is 5.97 Å². The highest BCUT2D eigenvalue weighted by Crippen LogP contribution is 2.16. The van der Waals surface area contributed by atoms with Crippen LogP contribution in [0, 0.1) is 4.77 Å². The number of carbonyl (C=O) groups is 1. The van der Waals surface area contributed by atoms with Gasteiger partial charge in [-0.25, -0.2) is 4.79 Å². The lowest BCUT2D eigenvalue weighted by Crippen LogP contribution is -2.29. The first-order valence-electron chi connectivity index (χ1n) is 4.86. The van der Waals surface area contributed by atoms with E-state index in [-0.39, 0.29) is 10.3 Å². The van der Waals surface area contributed by atoms with E-state index in [1.165, 1.54) is 23.0 Å². The number of rotatable bonds is 2. The molecule has 90 valence electrons. The molecular formula is C10H10N2O3S2. The van der Waals surface area contributed by atoms with Crippen molar-refractivity contribution in [3.05, 3.63) is 26.6 Å². The van der Waals surface area contributed by atoms with Crippen molar-refractivity contribution in [3.63, 3.8) is 0 Å². The van der Waals surface area contributed by atoms with E-state index in [9.17, 15) is 9.59 Å². The van der Waals surface area contributed by atoms with E-state index in [1.807, 2.05) is 0 Å². The highest BCUT2D eigenvalue weighted by molar-refractivity contribution is 7.71. The molecule has 7 heteroatoms. The van der Waals surface area contributed by atoms with Gasteiger partial charge in [-0.3, -0.25) is 9.36 Å². The number of nitrogens with zero attached hydrogens (tertiary/aromatic N) is 1. The molecule has 2 aromatic rings. The maximum atomic E-state index is 12.2. The molecule has 0 aromatic carbocycles. The van der Waals surface area contributed by atoms with Crippen LogP contribution >= 0.6 is 23.6 Å². The fourth-order valence-electron chi connectivity index (χ4n) is 1.58. The maximum Gasteiger partial charge on any atom is 0.328 e. The summed E-state index contributed by atoms with van der Waals surface area (Å²) in [6.07, 6.45) is 0. The van der Waals surface area contributed by atoms with Crippen LogP contribution in [-0.4, -0.2) is 22.6 Å². The minimum absolute atomic E-state index is 0.221. The van der Waals surface area contributed by atoms with Crippen LogP contribution < -0.4 is 5.56 Å². The molecule has 1 N–H and O–H groups in total. The minimum atomic E-state index is -0.734. The number of hydrogen-bond donors (Lipinski definition) is 1. The molecule has 0 fully saturated rings. The zero-order valence-corrected chi connectivity index (χ0v) is 10.9. The third-order valence-electron chi connectivity index (χ3n) is 2.47. The number of thiophene rings is 1. The van der Waals surface area contributed by atoms with E-state index < -0.39 is 12.0 Å². The molecule has 1 unspecified atom stereocenters. The van der Waals surface area contributed by atoms with Gasteiger partial charge in [-0.15, -0.1) is 11.3 Å². The summed E-state index contributed by atoms with van der Waals surface area (Å²) in [6.45, 7) is 1.58. The van der Waals surface area contributed by atoms with E-state index in [0.717, 1.165) is 0 Å². The van der Waals surface area contributed by atoms with Crippen molar-refractivity contribution in [3.8, 4) is 0 Å². The number of carbonyl (C=O) groups excluding carboxylic acids is 1. The number of fused-ring (bicyclic) bond motifs is 1. The number of methoxy groups -OCH3 is 1. The smallest absolute Gasteiger partial charge is 0.328 e. The Bertz CT molecular complexity index is 683. The number of nitrogens with one attached hydrogen (secondary N) is 1. The first kappa shape index (κ1) is 12.0. The molecule has 2 aromatic heterocycles. The van der Waals surface area contributed by atoms with Gasteiger partial charge < -0.3 is 9.72 Å². The van der Waals surface area contributed by atoms with Crippen LogP contribution in [0.25, 0.3) is 10.2 Å². The average Bonchev–Trinajstić information content (AvgIpc) is 2.75. The van der Waals surface area contributed by atoms with Crippen molar-refractivity contribution in [1.82, 2.24) is 9.55 Å². The van der Waals surface area contributed by atoms with Gasteiger partial charge in [0.05, 0.1) is 12.6 Å². The monoisotopic (exact) mass is 270 g/mol. The van der Waals surface area contributed by atoms with Gasteiger partial charge in [-0.2, -0.15) is 0 Å². The zero-order chi connectivity index (χ0) is 12.6. The van der Waals surface area contributed by atoms with E-state index in [2.05, 4.69) is 9.72 Å². The van der Waals surface area contributed by atoms with Crippen LogP contribution in [0.4, 0.5) is 0 Å². The lowest BCUT2D eigenvalue weighted by molar-refractivity contribution is -0.144. The van der Waals surface area contributed by atoms with Gasteiger partial charge in [0.25, 0.3) is 5.56 Å². The summed E-state index contributed by atoms with van der Waals surface area (Å²) in [7, 11) is 1.28. The van der Waals surface area contributed by atoms with Crippen molar-refractivity contribution in [1.29, 1.82) is 0 Å². The third-order valence-corrected chi connectivity index (χ3v) is 3.67. The molecule has 5 nitrogen and oxygen atoms in total. The molecule has 1 atom stereocenters. The lowest BCUT2D eigenvalue weighted by Gasteiger charge is -2.12. The molecule has 0 radical (unpaired) electrons. The van der Waals surface area contributed by atoms with E-state index >= 15 is 0 Å². The number of H-pyrrole nitrogens is 1. The van der Waals surface area contributed by atoms with Crippen LogP contribution in [0.2, 0.25) is 0 Å². The second-order valence-electron chi connectivity index (χ2n) is 3.47. The Morgan fingerprint density at radius 3 is 3.00 bits per heavy atom. The predicted octanol–water partition coefficient (Wildman–Crippen LogP) is 1.85. The molecular weight excluding hydrogens is 260 g/mol. The second kappa shape index (κ2) is 4.42. The minimum Gasteiger partial charge on any atom is -0.467 e. The first-order valence-corrected chi connectivity index (χ1v) is 6.15. The summed E-state index contributed by atoms with van der Waals surface area (Å²) >= 11 is 6.39. The Hall–Kier alpha value is -1.47. The topological polar surface area (TPSA) is 64.1 Å². The van der Waals surface area contributed by atoms with Crippen molar-refractivity contribution >= 4 is 39.7 Å². The average molecular weight is 270 g/mol. The predicted molar refractivity (Wildman–Crippen MR) is 68.0 cm³/mol.